The molecule has 6 heteroatoms. The Labute approximate surface area is 215 Å². The van der Waals surface area contributed by atoms with Crippen molar-refractivity contribution in [1.29, 1.82) is 0 Å². The first-order valence-electron chi connectivity index (χ1n) is 12.6. The molecule has 0 aliphatic heterocycles. The maximum Gasteiger partial charge on any atom is 0.205 e. The third-order valence-corrected chi connectivity index (χ3v) is 8.07. The van der Waals surface area contributed by atoms with Crippen molar-refractivity contribution < 1.29 is 29.7 Å². The molecule has 0 heterocycles. The van der Waals surface area contributed by atoms with Crippen LogP contribution in [-0.2, 0) is 27.2 Å². The fraction of sp³-hybridized carbons (Fsp3) is 0.323. The summed E-state index contributed by atoms with van der Waals surface area (Å²) >= 11 is 0. The number of aliphatic hydroxyl groups is 2. The molecule has 3 aliphatic rings. The number of aromatic hydroxyl groups is 1. The zero-order chi connectivity index (χ0) is 26.6. The first-order chi connectivity index (χ1) is 17.5. The summed E-state index contributed by atoms with van der Waals surface area (Å²) in [7, 11) is 0. The van der Waals surface area contributed by atoms with E-state index in [1.807, 2.05) is 25.1 Å². The monoisotopic (exact) mass is 498 g/mol. The van der Waals surface area contributed by atoms with Crippen LogP contribution in [0.1, 0.15) is 49.8 Å². The van der Waals surface area contributed by atoms with Gasteiger partial charge in [0.15, 0.2) is 11.4 Å². The highest BCUT2D eigenvalue weighted by atomic mass is 16.3. The number of carbonyl (C=O) groups is 3. The third-order valence-electron chi connectivity index (χ3n) is 8.07. The smallest absolute Gasteiger partial charge is 0.205 e. The van der Waals surface area contributed by atoms with Crippen molar-refractivity contribution in [1.82, 2.24) is 0 Å². The van der Waals surface area contributed by atoms with Crippen LogP contribution < -0.4 is 0 Å². The SMILES string of the molecule is C=C(C)CCc1ccc(-c2ccc(O)c3c2C[C@H]2C[C@H]4CC=C(C(C)=O)C(=O)[C@@]4(O)C(=O)C2=C3O)cc1. The number of hydrogen-bond acceptors (Lipinski definition) is 6. The van der Waals surface area contributed by atoms with E-state index in [1.165, 1.54) is 24.6 Å². The van der Waals surface area contributed by atoms with Crippen LogP contribution in [0.2, 0.25) is 0 Å². The Balaban J connectivity index is 1.57. The maximum absolute atomic E-state index is 13.6. The van der Waals surface area contributed by atoms with E-state index < -0.39 is 40.5 Å². The Kier molecular flexibility index (Phi) is 6.03. The average molecular weight is 499 g/mol. The molecule has 3 N–H and O–H groups in total. The summed E-state index contributed by atoms with van der Waals surface area (Å²) in [5, 5.41) is 33.4. The molecule has 0 unspecified atom stereocenters. The number of rotatable bonds is 5. The average Bonchev–Trinajstić information content (AvgIpc) is 2.85. The van der Waals surface area contributed by atoms with E-state index in [2.05, 4.69) is 18.7 Å². The van der Waals surface area contributed by atoms with Gasteiger partial charge >= 0.3 is 0 Å². The largest absolute Gasteiger partial charge is 0.507 e. The summed E-state index contributed by atoms with van der Waals surface area (Å²) in [5.41, 5.74) is 2.32. The van der Waals surface area contributed by atoms with Crippen molar-refractivity contribution in [2.45, 2.75) is 51.6 Å². The lowest BCUT2D eigenvalue weighted by molar-refractivity contribution is -0.157. The molecule has 0 spiro atoms. The van der Waals surface area contributed by atoms with Crippen LogP contribution in [0.3, 0.4) is 0 Å². The minimum absolute atomic E-state index is 0.0491. The summed E-state index contributed by atoms with van der Waals surface area (Å²) < 4.78 is 0. The molecule has 5 rings (SSSR count). The minimum Gasteiger partial charge on any atom is -0.507 e. The molecule has 190 valence electrons. The Bertz CT molecular complexity index is 1420. The standard InChI is InChI=1S/C31H30O6/c1-16(2)4-5-18-6-8-19(9-7-18)23-12-13-25(33)27-24(23)15-20-14-21-10-11-22(17(3)32)29(35)31(21,37)30(36)26(20)28(27)34/h6-9,11-13,20-21,33-34,37H,1,4-5,10,14-15H2,2-3H3/t20-,21-,31-/m1/s1. The Hall–Kier alpha value is -3.77. The van der Waals surface area contributed by atoms with E-state index in [1.54, 1.807) is 0 Å². The van der Waals surface area contributed by atoms with E-state index >= 15 is 0 Å². The Morgan fingerprint density at radius 3 is 2.41 bits per heavy atom. The van der Waals surface area contributed by atoms with Crippen molar-refractivity contribution in [3.63, 3.8) is 0 Å². The van der Waals surface area contributed by atoms with Crippen LogP contribution in [0, 0.1) is 11.8 Å². The van der Waals surface area contributed by atoms with Gasteiger partial charge in [0, 0.05) is 11.5 Å². The fourth-order valence-electron chi connectivity index (χ4n) is 6.08. The van der Waals surface area contributed by atoms with Crippen molar-refractivity contribution >= 4 is 23.1 Å². The predicted molar refractivity (Wildman–Crippen MR) is 140 cm³/mol. The number of aryl methyl sites for hydroxylation is 1. The van der Waals surface area contributed by atoms with E-state index in [0.717, 1.165) is 35.1 Å². The first kappa shape index (κ1) is 24.9. The molecule has 0 aromatic heterocycles. The number of fused-ring (bicyclic) bond motifs is 3. The molecule has 3 atom stereocenters. The zero-order valence-corrected chi connectivity index (χ0v) is 21.0. The van der Waals surface area contributed by atoms with Crippen molar-refractivity contribution in [2.75, 3.05) is 0 Å². The number of phenolic OH excluding ortho intramolecular Hbond substituents is 1. The van der Waals surface area contributed by atoms with Gasteiger partial charge in [-0.2, -0.15) is 0 Å². The van der Waals surface area contributed by atoms with Crippen LogP contribution in [0.5, 0.6) is 5.75 Å². The van der Waals surface area contributed by atoms with Gasteiger partial charge in [0.05, 0.1) is 11.1 Å². The van der Waals surface area contributed by atoms with Crippen LogP contribution >= 0.6 is 0 Å². The van der Waals surface area contributed by atoms with Crippen LogP contribution in [0.25, 0.3) is 16.9 Å². The lowest BCUT2D eigenvalue weighted by Crippen LogP contribution is -2.60. The third kappa shape index (κ3) is 3.87. The van der Waals surface area contributed by atoms with Gasteiger partial charge in [0.2, 0.25) is 11.6 Å². The molecular formula is C31H30O6. The summed E-state index contributed by atoms with van der Waals surface area (Å²) in [6.45, 7) is 7.18. The fourth-order valence-corrected chi connectivity index (χ4v) is 6.08. The highest BCUT2D eigenvalue weighted by Crippen LogP contribution is 2.51. The molecule has 0 saturated heterocycles. The second-order valence-corrected chi connectivity index (χ2v) is 10.6. The second kappa shape index (κ2) is 8.96. The van der Waals surface area contributed by atoms with Crippen molar-refractivity contribution in [2.24, 2.45) is 11.8 Å². The highest BCUT2D eigenvalue weighted by molar-refractivity contribution is 6.32. The van der Waals surface area contributed by atoms with E-state index in [0.29, 0.717) is 12.8 Å². The molecule has 1 fully saturated rings. The van der Waals surface area contributed by atoms with Gasteiger partial charge in [0.25, 0.3) is 0 Å². The first-order valence-corrected chi connectivity index (χ1v) is 12.6. The zero-order valence-electron chi connectivity index (χ0n) is 21.0. The quantitative estimate of drug-likeness (QED) is 0.310. The summed E-state index contributed by atoms with van der Waals surface area (Å²) in [6.07, 6.45) is 4.19. The molecule has 2 aromatic carbocycles. The molecule has 6 nitrogen and oxygen atoms in total. The minimum atomic E-state index is -2.39. The number of carbonyl (C=O) groups excluding carboxylic acids is 3. The predicted octanol–water partition coefficient (Wildman–Crippen LogP) is 4.82. The lowest BCUT2D eigenvalue weighted by atomic mass is 9.58. The lowest BCUT2D eigenvalue weighted by Gasteiger charge is -2.45. The Morgan fingerprint density at radius 1 is 1.05 bits per heavy atom. The topological polar surface area (TPSA) is 112 Å². The normalized spacial score (nSPS) is 24.7. The number of benzene rings is 2. The number of aliphatic hydroxyl groups excluding tert-OH is 1. The summed E-state index contributed by atoms with van der Waals surface area (Å²) in [4.78, 5) is 38.6. The summed E-state index contributed by atoms with van der Waals surface area (Å²) in [6, 6.07) is 11.4. The summed E-state index contributed by atoms with van der Waals surface area (Å²) in [5.74, 6) is -4.00. The van der Waals surface area contributed by atoms with Gasteiger partial charge in [-0.1, -0.05) is 42.0 Å². The molecule has 0 radical (unpaired) electrons. The molecule has 2 aromatic rings. The van der Waals surface area contributed by atoms with Gasteiger partial charge in [-0.05, 0) is 80.2 Å². The molecule has 0 bridgehead atoms. The van der Waals surface area contributed by atoms with Crippen molar-refractivity contribution in [3.8, 4) is 16.9 Å². The van der Waals surface area contributed by atoms with E-state index in [-0.39, 0.29) is 28.9 Å². The number of Topliss-reactive ketones (excluding diaryl/α,β-unsaturated/α-hetero) is 3. The maximum atomic E-state index is 13.6. The van der Waals surface area contributed by atoms with E-state index in [9.17, 15) is 29.7 Å². The van der Waals surface area contributed by atoms with Gasteiger partial charge in [-0.3, -0.25) is 14.4 Å². The van der Waals surface area contributed by atoms with E-state index in [4.69, 9.17) is 0 Å². The van der Waals surface area contributed by atoms with Gasteiger partial charge in [0.1, 0.15) is 11.5 Å². The number of hydrogen-bond donors (Lipinski definition) is 3. The molecule has 3 aliphatic carbocycles. The van der Waals surface area contributed by atoms with Gasteiger partial charge in [-0.15, -0.1) is 6.58 Å². The molecular weight excluding hydrogens is 468 g/mol. The van der Waals surface area contributed by atoms with Crippen LogP contribution in [-0.4, -0.2) is 38.3 Å². The van der Waals surface area contributed by atoms with Gasteiger partial charge in [-0.25, -0.2) is 0 Å². The van der Waals surface area contributed by atoms with Crippen molar-refractivity contribution in [3.05, 3.63) is 82.5 Å². The molecule has 0 amide bonds. The number of allylic oxidation sites excluding steroid dienone is 2. The molecule has 37 heavy (non-hydrogen) atoms. The van der Waals surface area contributed by atoms with Gasteiger partial charge < -0.3 is 15.3 Å². The number of ketones is 3. The number of phenols is 1. The van der Waals surface area contributed by atoms with Crippen LogP contribution in [0.4, 0.5) is 0 Å². The second-order valence-electron chi connectivity index (χ2n) is 10.6. The molecule has 1 saturated carbocycles. The highest BCUT2D eigenvalue weighted by Gasteiger charge is 2.59. The Morgan fingerprint density at radius 2 is 1.76 bits per heavy atom. The van der Waals surface area contributed by atoms with Crippen LogP contribution in [0.15, 0.2) is 65.8 Å².